The van der Waals surface area contributed by atoms with Crippen molar-refractivity contribution in [1.29, 1.82) is 0 Å². The number of aliphatic hydroxyl groups excluding tert-OH is 2. The molecule has 10 rings (SSSR count). The fraction of sp³-hybridized carbons (Fsp3) is 0.604. The highest BCUT2D eigenvalue weighted by Gasteiger charge is 2.66. The molecule has 4 saturated carbocycles. The molecule has 0 radical (unpaired) electrons. The first-order valence-corrected chi connectivity index (χ1v) is 23.8. The van der Waals surface area contributed by atoms with Gasteiger partial charge in [-0.1, -0.05) is 37.3 Å². The van der Waals surface area contributed by atoms with Crippen molar-refractivity contribution >= 4 is 38.5 Å². The number of thiazole rings is 1. The van der Waals surface area contributed by atoms with Crippen LogP contribution in [0.3, 0.4) is 0 Å². The summed E-state index contributed by atoms with van der Waals surface area (Å²) in [4.78, 5) is 30.1. The highest BCUT2D eigenvalue weighted by atomic mass is 32.1. The van der Waals surface area contributed by atoms with Crippen molar-refractivity contribution in [3.8, 4) is 11.1 Å². The first-order valence-electron chi connectivity index (χ1n) is 23.0. The van der Waals surface area contributed by atoms with Crippen LogP contribution in [0.2, 0.25) is 0 Å². The molecule has 336 valence electrons. The van der Waals surface area contributed by atoms with Crippen LogP contribution in [0, 0.1) is 23.2 Å². The molecule has 0 saturated heterocycles. The largest absolute Gasteiger partial charge is 0.476 e. The minimum atomic E-state index is -1.29. The van der Waals surface area contributed by atoms with Crippen LogP contribution in [0.5, 0.6) is 0 Å². The third kappa shape index (κ3) is 8.51. The zero-order valence-electron chi connectivity index (χ0n) is 37.3. The van der Waals surface area contributed by atoms with Crippen molar-refractivity contribution in [2.45, 2.75) is 123 Å². The topological polar surface area (TPSA) is 183 Å². The summed E-state index contributed by atoms with van der Waals surface area (Å²) in [7, 11) is 0. The highest BCUT2D eigenvalue weighted by Crippen LogP contribution is 2.72. The van der Waals surface area contributed by atoms with Crippen molar-refractivity contribution in [3.05, 3.63) is 70.8 Å². The van der Waals surface area contributed by atoms with Crippen LogP contribution in [0.1, 0.15) is 120 Å². The van der Waals surface area contributed by atoms with Crippen LogP contribution in [-0.4, -0.2) is 103 Å². The van der Waals surface area contributed by atoms with Gasteiger partial charge in [-0.2, -0.15) is 5.10 Å². The number of aromatic carboxylic acids is 1. The summed E-state index contributed by atoms with van der Waals surface area (Å²) in [5, 5.41) is 48.3. The van der Waals surface area contributed by atoms with E-state index in [2.05, 4.69) is 38.9 Å². The van der Waals surface area contributed by atoms with E-state index in [0.29, 0.717) is 35.4 Å². The fourth-order valence-corrected chi connectivity index (χ4v) is 13.9. The summed E-state index contributed by atoms with van der Waals surface area (Å²) < 4.78 is 10.2. The number of nitrogens with one attached hydrogen (secondary N) is 1. The Labute approximate surface area is 374 Å². The molecule has 4 aliphatic carbocycles. The number of benzene rings is 1. The molecule has 0 amide bonds. The van der Waals surface area contributed by atoms with Crippen LogP contribution in [0.25, 0.3) is 21.3 Å². The number of aliphatic imine (C=N–C) groups is 1. The van der Waals surface area contributed by atoms with Gasteiger partial charge in [0.2, 0.25) is 5.66 Å². The van der Waals surface area contributed by atoms with Crippen molar-refractivity contribution < 1.29 is 24.9 Å². The van der Waals surface area contributed by atoms with Gasteiger partial charge in [-0.15, -0.1) is 10.2 Å². The molecule has 6 aliphatic rings. The number of anilines is 1. The average Bonchev–Trinajstić information content (AvgIpc) is 3.81. The molecule has 14 nitrogen and oxygen atoms in total. The van der Waals surface area contributed by atoms with Gasteiger partial charge in [-0.05, 0) is 150 Å². The van der Waals surface area contributed by atoms with Crippen LogP contribution in [-0.2, 0) is 16.9 Å². The molecule has 4 bridgehead atoms. The Morgan fingerprint density at radius 3 is 2.37 bits per heavy atom. The number of aromatic nitrogens is 4. The molecule has 2 aliphatic heterocycles. The Kier molecular flexibility index (Phi) is 12.0. The number of para-hydroxylation sites is 1. The predicted molar refractivity (Wildman–Crippen MR) is 245 cm³/mol. The number of unbranched alkanes of at least 4 members (excludes halogenated alkanes) is 2. The van der Waals surface area contributed by atoms with E-state index in [-0.39, 0.29) is 40.8 Å². The number of ether oxygens (including phenoxy) is 1. The van der Waals surface area contributed by atoms with Crippen LogP contribution in [0.15, 0.2) is 69.0 Å². The molecule has 0 spiro atoms. The van der Waals surface area contributed by atoms with E-state index < -0.39 is 11.6 Å². The molecule has 3 aromatic heterocycles. The number of carboxylic acids is 1. The number of fused-ring (bicyclic) bond motifs is 2. The average molecular weight is 878 g/mol. The first-order chi connectivity index (χ1) is 30.3. The molecule has 3 unspecified atom stereocenters. The lowest BCUT2D eigenvalue weighted by Crippen LogP contribution is -2.64. The number of amidine groups is 1. The number of carbonyl (C=O) groups is 1. The van der Waals surface area contributed by atoms with E-state index in [1.807, 2.05) is 56.4 Å². The van der Waals surface area contributed by atoms with Gasteiger partial charge >= 0.3 is 5.97 Å². The first kappa shape index (κ1) is 43.8. The summed E-state index contributed by atoms with van der Waals surface area (Å²) >= 11 is 1.51. The zero-order valence-corrected chi connectivity index (χ0v) is 38.1. The molecule has 4 N–H and O–H groups in total. The fourth-order valence-electron chi connectivity index (χ4n) is 13.0. The predicted octanol–water partition coefficient (Wildman–Crippen LogP) is 8.78. The zero-order chi connectivity index (χ0) is 44.0. The number of hydrogen-bond donors (Lipinski definition) is 4. The maximum Gasteiger partial charge on any atom is 0.355 e. The van der Waals surface area contributed by atoms with E-state index in [1.165, 1.54) is 17.8 Å². The van der Waals surface area contributed by atoms with Crippen molar-refractivity contribution in [3.63, 3.8) is 0 Å². The van der Waals surface area contributed by atoms with Gasteiger partial charge < -0.3 is 30.3 Å². The SMILES string of the molecule is CC1=C2CCCN=C2N=NC1(Nc1nc2ccccc2s1)c1ccc(-c2cnn(CC34CC5(C)CC(C)(C3)CC(OCCN(CCCCO)CCCCO)(C5)C4)c2C)c(C(=O)O)n1. The van der Waals surface area contributed by atoms with Crippen molar-refractivity contribution in [1.82, 2.24) is 24.6 Å². The van der Waals surface area contributed by atoms with Gasteiger partial charge in [-0.3, -0.25) is 9.67 Å². The van der Waals surface area contributed by atoms with E-state index >= 15 is 0 Å². The minimum Gasteiger partial charge on any atom is -0.476 e. The molecular weight excluding hydrogens is 815 g/mol. The number of carboxylic acid groups (broad SMARTS) is 1. The second-order valence-electron chi connectivity index (χ2n) is 20.1. The number of nitrogens with zero attached hydrogens (tertiary/aromatic N) is 8. The molecule has 3 atom stereocenters. The Morgan fingerprint density at radius 1 is 0.905 bits per heavy atom. The lowest BCUT2D eigenvalue weighted by Gasteiger charge is -2.69. The van der Waals surface area contributed by atoms with E-state index in [0.717, 1.165) is 129 Å². The molecule has 4 aromatic rings. The number of hydrogen-bond acceptors (Lipinski definition) is 13. The Morgan fingerprint density at radius 2 is 1.65 bits per heavy atom. The number of rotatable bonds is 19. The van der Waals surface area contributed by atoms with Gasteiger partial charge in [-0.25, -0.2) is 14.8 Å². The summed E-state index contributed by atoms with van der Waals surface area (Å²) in [6.07, 6.45) is 13.5. The number of azo groups is 1. The second-order valence-corrected chi connectivity index (χ2v) is 21.1. The third-order valence-corrected chi connectivity index (χ3v) is 15.5. The van der Waals surface area contributed by atoms with Gasteiger partial charge in [0.25, 0.3) is 0 Å². The highest BCUT2D eigenvalue weighted by molar-refractivity contribution is 7.22. The molecule has 4 fully saturated rings. The van der Waals surface area contributed by atoms with E-state index in [9.17, 15) is 20.1 Å². The minimum absolute atomic E-state index is 0.0110. The van der Waals surface area contributed by atoms with Crippen LogP contribution >= 0.6 is 11.3 Å². The smallest absolute Gasteiger partial charge is 0.355 e. The molecule has 1 aromatic carbocycles. The number of pyridine rings is 1. The van der Waals surface area contributed by atoms with Crippen molar-refractivity contribution in [2.75, 3.05) is 51.3 Å². The maximum atomic E-state index is 13.3. The monoisotopic (exact) mass is 877 g/mol. The lowest BCUT2D eigenvalue weighted by molar-refractivity contribution is -0.248. The van der Waals surface area contributed by atoms with Gasteiger partial charge in [0.05, 0.1) is 34.3 Å². The summed E-state index contributed by atoms with van der Waals surface area (Å²) in [5.74, 6) is -0.506. The third-order valence-electron chi connectivity index (χ3n) is 14.6. The lowest BCUT2D eigenvalue weighted by atomic mass is 9.39. The summed E-state index contributed by atoms with van der Waals surface area (Å²) in [5.41, 5.74) is 4.07. The normalized spacial score (nSPS) is 28.6. The molecule has 63 heavy (non-hydrogen) atoms. The Bertz CT molecular complexity index is 2400. The van der Waals surface area contributed by atoms with Gasteiger partial charge in [0.1, 0.15) is 0 Å². The van der Waals surface area contributed by atoms with E-state index in [1.54, 1.807) is 0 Å². The Balaban J connectivity index is 0.996. The van der Waals surface area contributed by atoms with Crippen LogP contribution < -0.4 is 5.32 Å². The Hall–Kier alpha value is -4.41. The van der Waals surface area contributed by atoms with Gasteiger partial charge in [0.15, 0.2) is 16.7 Å². The standard InChI is InChI=1S/C48H63N9O5S/c1-32-34-12-11-17-49-41(34)54-55-48(32,53-43-51-37-13-5-6-14-38(37)63-43)39-16-15-35(40(52-39)42(60)61)36-24-50-57(33(36)2)31-46-26-44(3)25-45(4,27-46)29-47(28-44,30-46)62-23-20-56(18-7-9-21-58)19-8-10-22-59/h5-6,13-16,24,58-59H,7-12,17-23,25-31H2,1-4H3,(H,51,53)(H,60,61). The van der Waals surface area contributed by atoms with Crippen LogP contribution in [0.4, 0.5) is 5.13 Å². The van der Waals surface area contributed by atoms with Crippen molar-refractivity contribution in [2.24, 2.45) is 31.5 Å². The molecule has 5 heterocycles. The quantitative estimate of drug-likeness (QED) is 0.0665. The van der Waals surface area contributed by atoms with E-state index in [4.69, 9.17) is 24.9 Å². The van der Waals surface area contributed by atoms with Gasteiger partial charge in [0, 0.05) is 55.2 Å². The molecule has 15 heteroatoms. The summed E-state index contributed by atoms with van der Waals surface area (Å²) in [6.45, 7) is 14.2. The maximum absolute atomic E-state index is 13.3. The second kappa shape index (κ2) is 17.2. The number of aliphatic hydroxyl groups is 2. The summed E-state index contributed by atoms with van der Waals surface area (Å²) in [6, 6.07) is 11.7. The molecular formula is C48H63N9O5S.